The predicted molar refractivity (Wildman–Crippen MR) is 90.7 cm³/mol. The number of ether oxygens (including phenoxy) is 3. The summed E-state index contributed by atoms with van der Waals surface area (Å²) in [6, 6.07) is 15.3. The molecule has 0 spiro atoms. The Bertz CT molecular complexity index is 701. The highest BCUT2D eigenvalue weighted by Gasteiger charge is 2.20. The van der Waals surface area contributed by atoms with Gasteiger partial charge < -0.3 is 19.5 Å². The van der Waals surface area contributed by atoms with Gasteiger partial charge in [0.05, 0.1) is 19.6 Å². The van der Waals surface area contributed by atoms with Gasteiger partial charge in [-0.15, -0.1) is 0 Å². The molecule has 0 aromatic heterocycles. The minimum absolute atomic E-state index is 0.0647. The van der Waals surface area contributed by atoms with Crippen LogP contribution in [0.3, 0.4) is 0 Å². The van der Waals surface area contributed by atoms with Crippen molar-refractivity contribution in [2.75, 3.05) is 19.8 Å². The molecule has 1 aliphatic heterocycles. The Morgan fingerprint density at radius 2 is 2.04 bits per heavy atom. The minimum atomic E-state index is -0.179. The number of benzene rings is 2. The van der Waals surface area contributed by atoms with E-state index in [2.05, 4.69) is 5.32 Å². The van der Waals surface area contributed by atoms with Gasteiger partial charge in [0.2, 0.25) is 5.91 Å². The number of fused-ring (bicyclic) bond motifs is 1. The molecule has 0 radical (unpaired) electrons. The number of carbonyl (C=O) groups excluding carboxylic acids is 1. The van der Waals surface area contributed by atoms with Gasteiger partial charge in [-0.2, -0.15) is 0 Å². The highest BCUT2D eigenvalue weighted by atomic mass is 16.6. The number of hydrogen-bond donors (Lipinski definition) is 1. The second-order valence-corrected chi connectivity index (χ2v) is 5.72. The standard InChI is InChI=1S/C19H21NO4/c1-14-5-4-6-15(11-14)22-10-9-19(21)20-12-16-13-23-17-7-2-3-8-18(17)24-16/h2-8,11,16H,9-10,12-13H2,1H3,(H,20,21). The van der Waals surface area contributed by atoms with E-state index >= 15 is 0 Å². The van der Waals surface area contributed by atoms with Crippen molar-refractivity contribution in [3.05, 3.63) is 54.1 Å². The average molecular weight is 327 g/mol. The smallest absolute Gasteiger partial charge is 0.223 e. The number of carbonyl (C=O) groups is 1. The SMILES string of the molecule is Cc1cccc(OCCC(=O)NCC2COc3ccccc3O2)c1. The van der Waals surface area contributed by atoms with E-state index in [4.69, 9.17) is 14.2 Å². The van der Waals surface area contributed by atoms with Crippen molar-refractivity contribution >= 4 is 5.91 Å². The van der Waals surface area contributed by atoms with Crippen LogP contribution in [0.4, 0.5) is 0 Å². The summed E-state index contributed by atoms with van der Waals surface area (Å²) in [7, 11) is 0. The van der Waals surface area contributed by atoms with Crippen LogP contribution in [0.25, 0.3) is 0 Å². The number of para-hydroxylation sites is 2. The predicted octanol–water partition coefficient (Wildman–Crippen LogP) is 2.72. The van der Waals surface area contributed by atoms with Crippen LogP contribution in [0, 0.1) is 6.92 Å². The normalized spacial score (nSPS) is 15.6. The van der Waals surface area contributed by atoms with Crippen LogP contribution < -0.4 is 19.5 Å². The molecule has 0 bridgehead atoms. The van der Waals surface area contributed by atoms with E-state index in [1.165, 1.54) is 0 Å². The molecule has 3 rings (SSSR count). The summed E-state index contributed by atoms with van der Waals surface area (Å²) in [5.74, 6) is 2.17. The Kier molecular flexibility index (Phi) is 5.21. The molecular formula is C19H21NO4. The lowest BCUT2D eigenvalue weighted by molar-refractivity contribution is -0.122. The summed E-state index contributed by atoms with van der Waals surface area (Å²) in [6.07, 6.45) is 0.125. The Labute approximate surface area is 141 Å². The molecule has 2 aromatic carbocycles. The van der Waals surface area contributed by atoms with Gasteiger partial charge in [-0.1, -0.05) is 24.3 Å². The molecular weight excluding hydrogens is 306 g/mol. The van der Waals surface area contributed by atoms with Crippen LogP contribution in [-0.2, 0) is 4.79 Å². The minimum Gasteiger partial charge on any atom is -0.493 e. The Balaban J connectivity index is 1.37. The lowest BCUT2D eigenvalue weighted by Crippen LogP contribution is -2.41. The van der Waals surface area contributed by atoms with Crippen molar-refractivity contribution in [1.29, 1.82) is 0 Å². The second kappa shape index (κ2) is 7.73. The Morgan fingerprint density at radius 3 is 2.88 bits per heavy atom. The first kappa shape index (κ1) is 16.2. The second-order valence-electron chi connectivity index (χ2n) is 5.72. The van der Waals surface area contributed by atoms with E-state index in [0.717, 1.165) is 17.1 Å². The van der Waals surface area contributed by atoms with Gasteiger partial charge in [-0.25, -0.2) is 0 Å². The van der Waals surface area contributed by atoms with E-state index < -0.39 is 0 Å². The molecule has 0 saturated carbocycles. The van der Waals surface area contributed by atoms with E-state index in [1.807, 2.05) is 55.5 Å². The number of rotatable bonds is 6. The zero-order valence-electron chi connectivity index (χ0n) is 13.7. The summed E-state index contributed by atoms with van der Waals surface area (Å²) in [5, 5.41) is 2.86. The summed E-state index contributed by atoms with van der Waals surface area (Å²) in [4.78, 5) is 11.9. The molecule has 0 fully saturated rings. The first-order chi connectivity index (χ1) is 11.7. The van der Waals surface area contributed by atoms with Gasteiger partial charge in [0.1, 0.15) is 18.5 Å². The summed E-state index contributed by atoms with van der Waals surface area (Å²) in [6.45, 7) is 3.19. The van der Waals surface area contributed by atoms with Gasteiger partial charge in [0.15, 0.2) is 11.5 Å². The first-order valence-corrected chi connectivity index (χ1v) is 8.05. The van der Waals surface area contributed by atoms with Gasteiger partial charge in [-0.3, -0.25) is 4.79 Å². The van der Waals surface area contributed by atoms with Crippen molar-refractivity contribution in [2.45, 2.75) is 19.4 Å². The summed E-state index contributed by atoms with van der Waals surface area (Å²) < 4.78 is 17.0. The molecule has 1 N–H and O–H groups in total. The number of hydrogen-bond acceptors (Lipinski definition) is 4. The van der Waals surface area contributed by atoms with Gasteiger partial charge in [0, 0.05) is 0 Å². The van der Waals surface area contributed by atoms with Crippen molar-refractivity contribution in [3.8, 4) is 17.2 Å². The number of nitrogens with one attached hydrogen (secondary N) is 1. The highest BCUT2D eigenvalue weighted by molar-refractivity contribution is 5.76. The third kappa shape index (κ3) is 4.41. The number of amides is 1. The van der Waals surface area contributed by atoms with Crippen LogP contribution in [0.5, 0.6) is 17.2 Å². The van der Waals surface area contributed by atoms with Gasteiger partial charge >= 0.3 is 0 Å². The molecule has 0 saturated heterocycles. The maximum absolute atomic E-state index is 11.9. The summed E-state index contributed by atoms with van der Waals surface area (Å²) >= 11 is 0. The molecule has 0 aliphatic carbocycles. The molecule has 1 heterocycles. The van der Waals surface area contributed by atoms with Crippen LogP contribution in [-0.4, -0.2) is 31.8 Å². The highest BCUT2D eigenvalue weighted by Crippen LogP contribution is 2.30. The van der Waals surface area contributed by atoms with Crippen LogP contribution >= 0.6 is 0 Å². The molecule has 126 valence electrons. The average Bonchev–Trinajstić information content (AvgIpc) is 2.60. The summed E-state index contributed by atoms with van der Waals surface area (Å²) in [5.41, 5.74) is 1.13. The Hall–Kier alpha value is -2.69. The maximum atomic E-state index is 11.9. The van der Waals surface area contributed by atoms with E-state index in [9.17, 15) is 4.79 Å². The quantitative estimate of drug-likeness (QED) is 0.886. The molecule has 1 atom stereocenters. The van der Waals surface area contributed by atoms with Crippen molar-refractivity contribution in [2.24, 2.45) is 0 Å². The molecule has 1 aliphatic rings. The van der Waals surface area contributed by atoms with Crippen LogP contribution in [0.15, 0.2) is 48.5 Å². The van der Waals surface area contributed by atoms with E-state index in [0.29, 0.717) is 31.9 Å². The fraction of sp³-hybridized carbons (Fsp3) is 0.316. The lowest BCUT2D eigenvalue weighted by atomic mass is 10.2. The number of aryl methyl sites for hydroxylation is 1. The molecule has 1 amide bonds. The monoisotopic (exact) mass is 327 g/mol. The van der Waals surface area contributed by atoms with E-state index in [-0.39, 0.29) is 12.0 Å². The Morgan fingerprint density at radius 1 is 1.21 bits per heavy atom. The fourth-order valence-corrected chi connectivity index (χ4v) is 2.45. The topological polar surface area (TPSA) is 56.8 Å². The molecule has 5 heteroatoms. The van der Waals surface area contributed by atoms with Gasteiger partial charge in [0.25, 0.3) is 0 Å². The molecule has 5 nitrogen and oxygen atoms in total. The first-order valence-electron chi connectivity index (χ1n) is 8.05. The van der Waals surface area contributed by atoms with Crippen molar-refractivity contribution in [1.82, 2.24) is 5.32 Å². The van der Waals surface area contributed by atoms with E-state index in [1.54, 1.807) is 0 Å². The van der Waals surface area contributed by atoms with Gasteiger partial charge in [-0.05, 0) is 36.8 Å². The molecule has 1 unspecified atom stereocenters. The lowest BCUT2D eigenvalue weighted by Gasteiger charge is -2.26. The molecule has 2 aromatic rings. The fourth-order valence-electron chi connectivity index (χ4n) is 2.45. The third-order valence-electron chi connectivity index (χ3n) is 3.68. The van der Waals surface area contributed by atoms with Crippen LogP contribution in [0.2, 0.25) is 0 Å². The van der Waals surface area contributed by atoms with Crippen molar-refractivity contribution < 1.29 is 19.0 Å². The maximum Gasteiger partial charge on any atom is 0.223 e. The zero-order chi connectivity index (χ0) is 16.8. The van der Waals surface area contributed by atoms with Crippen molar-refractivity contribution in [3.63, 3.8) is 0 Å². The molecule has 24 heavy (non-hydrogen) atoms. The largest absolute Gasteiger partial charge is 0.493 e. The zero-order valence-corrected chi connectivity index (χ0v) is 13.7. The van der Waals surface area contributed by atoms with Crippen LogP contribution in [0.1, 0.15) is 12.0 Å². The third-order valence-corrected chi connectivity index (χ3v) is 3.68.